The van der Waals surface area contributed by atoms with Crippen LogP contribution in [0.2, 0.25) is 0 Å². The quantitative estimate of drug-likeness (QED) is 0.0897. The van der Waals surface area contributed by atoms with E-state index >= 15 is 0 Å². The summed E-state index contributed by atoms with van der Waals surface area (Å²) >= 11 is 0. The van der Waals surface area contributed by atoms with Crippen LogP contribution in [0, 0.1) is 0 Å². The molecular weight excluding hydrogens is 506 g/mol. The molecule has 0 radical (unpaired) electrons. The van der Waals surface area contributed by atoms with Gasteiger partial charge in [0.25, 0.3) is 5.91 Å². The van der Waals surface area contributed by atoms with Crippen molar-refractivity contribution >= 4 is 29.5 Å². The number of nitrogens with one attached hydrogen (secondary N) is 2. The Morgan fingerprint density at radius 1 is 0.842 bits per heavy atom. The first-order valence-corrected chi connectivity index (χ1v) is 11.6. The Balaban J connectivity index is 2.75. The topological polar surface area (TPSA) is 289 Å². The van der Waals surface area contributed by atoms with Gasteiger partial charge in [0.1, 0.15) is 18.0 Å². The second-order valence-corrected chi connectivity index (χ2v) is 8.68. The van der Waals surface area contributed by atoms with Gasteiger partial charge in [0, 0.05) is 12.8 Å². The molecule has 1 rings (SSSR count). The Bertz CT molecular complexity index is 963. The highest BCUT2D eigenvalue weighted by Gasteiger charge is 2.37. The van der Waals surface area contributed by atoms with Crippen LogP contribution in [0.4, 0.5) is 0 Å². The average Bonchev–Trinajstić information content (AvgIpc) is 2.87. The van der Waals surface area contributed by atoms with E-state index in [4.69, 9.17) is 22.3 Å². The minimum atomic E-state index is -2.27. The normalized spacial score (nSPS) is 16.7. The lowest BCUT2D eigenvalue weighted by atomic mass is 9.98. The molecule has 0 aliphatic carbocycles. The van der Waals surface area contributed by atoms with Crippen molar-refractivity contribution in [1.29, 1.82) is 0 Å². The van der Waals surface area contributed by atoms with Crippen molar-refractivity contribution in [1.82, 2.24) is 10.6 Å². The smallest absolute Gasteiger partial charge is 0.305 e. The van der Waals surface area contributed by atoms with Gasteiger partial charge in [-0.3, -0.25) is 24.0 Å². The number of hydrogen-bond donors (Lipinski definition) is 10. The second kappa shape index (κ2) is 15.7. The molecule has 0 aliphatic heterocycles. The molecule has 212 valence electrons. The SMILES string of the molecule is NC(=O)C[C@H](N)C(=O)CC[C@H](N)C(=O)N[C@@H](CO)[C@@H](O)[C@@H](O)[C@H](O)C(=O)N[C@@H](CC(=O)O)c1ccccc1. The van der Waals surface area contributed by atoms with E-state index in [-0.39, 0.29) is 19.3 Å². The molecule has 0 fully saturated rings. The molecule has 15 heteroatoms. The van der Waals surface area contributed by atoms with Crippen LogP contribution < -0.4 is 27.8 Å². The lowest BCUT2D eigenvalue weighted by Crippen LogP contribution is -2.58. The Labute approximate surface area is 218 Å². The van der Waals surface area contributed by atoms with E-state index in [9.17, 15) is 44.4 Å². The number of carboxylic acids is 1. The first-order chi connectivity index (χ1) is 17.8. The number of benzene rings is 1. The zero-order valence-electron chi connectivity index (χ0n) is 20.5. The fourth-order valence-corrected chi connectivity index (χ4v) is 3.42. The fraction of sp³-hybridized carbons (Fsp3) is 0.522. The fourth-order valence-electron chi connectivity index (χ4n) is 3.42. The van der Waals surface area contributed by atoms with Crippen molar-refractivity contribution in [2.24, 2.45) is 17.2 Å². The summed E-state index contributed by atoms with van der Waals surface area (Å²) in [4.78, 5) is 58.8. The predicted molar refractivity (Wildman–Crippen MR) is 131 cm³/mol. The Morgan fingerprint density at radius 2 is 1.45 bits per heavy atom. The molecule has 15 nitrogen and oxygen atoms in total. The maximum Gasteiger partial charge on any atom is 0.305 e. The zero-order valence-corrected chi connectivity index (χ0v) is 20.5. The highest BCUT2D eigenvalue weighted by Crippen LogP contribution is 2.17. The zero-order chi connectivity index (χ0) is 29.0. The molecule has 7 atom stereocenters. The minimum absolute atomic E-state index is 0.205. The summed E-state index contributed by atoms with van der Waals surface area (Å²) in [5.41, 5.74) is 16.6. The van der Waals surface area contributed by atoms with Gasteiger partial charge in [-0.1, -0.05) is 30.3 Å². The largest absolute Gasteiger partial charge is 0.481 e. The van der Waals surface area contributed by atoms with Gasteiger partial charge < -0.3 is 53.4 Å². The van der Waals surface area contributed by atoms with Crippen LogP contribution in [0.1, 0.15) is 37.3 Å². The molecule has 0 spiro atoms. The third-order valence-electron chi connectivity index (χ3n) is 5.65. The predicted octanol–water partition coefficient (Wildman–Crippen LogP) is -4.24. The molecular formula is C23H35N5O10. The van der Waals surface area contributed by atoms with E-state index in [0.29, 0.717) is 5.56 Å². The number of rotatable bonds is 17. The number of aliphatic hydroxyl groups is 4. The third-order valence-corrected chi connectivity index (χ3v) is 5.65. The van der Waals surface area contributed by atoms with E-state index in [1.165, 1.54) is 0 Å². The standard InChI is InChI=1S/C23H35N5O10/c24-12(6-7-16(30)13(25)8-17(26)31)22(37)28-15(10-29)19(34)20(35)21(36)23(38)27-14(9-18(32)33)11-4-2-1-3-5-11/h1-5,12-15,19-21,29,34-36H,6-10,24-25H2,(H2,26,31)(H,27,38)(H,28,37)(H,32,33)/t12-,13-,14-,15-,19+,20+,21-/m0/s1. The summed E-state index contributed by atoms with van der Waals surface area (Å²) in [7, 11) is 0. The molecule has 0 saturated carbocycles. The van der Waals surface area contributed by atoms with Crippen LogP contribution >= 0.6 is 0 Å². The number of aliphatic hydroxyl groups excluding tert-OH is 4. The molecule has 3 amide bonds. The lowest BCUT2D eigenvalue weighted by Gasteiger charge is -2.30. The van der Waals surface area contributed by atoms with Crippen molar-refractivity contribution in [3.63, 3.8) is 0 Å². The van der Waals surface area contributed by atoms with Crippen LogP contribution in [0.3, 0.4) is 0 Å². The van der Waals surface area contributed by atoms with Gasteiger partial charge in [0.2, 0.25) is 11.8 Å². The van der Waals surface area contributed by atoms with Gasteiger partial charge in [-0.2, -0.15) is 0 Å². The highest BCUT2D eigenvalue weighted by atomic mass is 16.4. The number of Topliss-reactive ketones (excluding diaryl/α,β-unsaturated/α-hetero) is 1. The molecule has 0 saturated heterocycles. The van der Waals surface area contributed by atoms with Gasteiger partial charge in [0.05, 0.1) is 37.2 Å². The molecule has 0 aromatic heterocycles. The molecule has 1 aromatic rings. The number of carbonyl (C=O) groups is 5. The minimum Gasteiger partial charge on any atom is -0.481 e. The van der Waals surface area contributed by atoms with Gasteiger partial charge in [-0.15, -0.1) is 0 Å². The van der Waals surface area contributed by atoms with Crippen molar-refractivity contribution in [3.8, 4) is 0 Å². The molecule has 38 heavy (non-hydrogen) atoms. The van der Waals surface area contributed by atoms with E-state index in [1.54, 1.807) is 30.3 Å². The van der Waals surface area contributed by atoms with E-state index < -0.39 is 85.0 Å². The summed E-state index contributed by atoms with van der Waals surface area (Å²) in [6, 6.07) is 2.86. The highest BCUT2D eigenvalue weighted by molar-refractivity contribution is 5.90. The second-order valence-electron chi connectivity index (χ2n) is 8.68. The number of carbonyl (C=O) groups excluding carboxylic acids is 4. The monoisotopic (exact) mass is 541 g/mol. The number of amides is 3. The van der Waals surface area contributed by atoms with Crippen LogP contribution in [-0.4, -0.2) is 98.1 Å². The molecule has 0 aliphatic rings. The van der Waals surface area contributed by atoms with Gasteiger partial charge in [0.15, 0.2) is 6.10 Å². The number of carboxylic acid groups (broad SMARTS) is 1. The van der Waals surface area contributed by atoms with Crippen molar-refractivity contribution in [3.05, 3.63) is 35.9 Å². The first kappa shape index (κ1) is 32.6. The number of aliphatic carboxylic acids is 1. The lowest BCUT2D eigenvalue weighted by molar-refractivity contribution is -0.145. The van der Waals surface area contributed by atoms with Gasteiger partial charge in [-0.25, -0.2) is 0 Å². The van der Waals surface area contributed by atoms with Crippen LogP contribution in [0.5, 0.6) is 0 Å². The van der Waals surface area contributed by atoms with Crippen molar-refractivity contribution < 1.29 is 49.5 Å². The first-order valence-electron chi connectivity index (χ1n) is 11.6. The number of hydrogen-bond acceptors (Lipinski definition) is 11. The molecule has 0 bridgehead atoms. The summed E-state index contributed by atoms with van der Waals surface area (Å²) in [6.45, 7) is -0.931. The summed E-state index contributed by atoms with van der Waals surface area (Å²) in [5, 5.41) is 54.1. The molecule has 0 unspecified atom stereocenters. The molecule has 13 N–H and O–H groups in total. The number of nitrogens with two attached hydrogens (primary N) is 3. The van der Waals surface area contributed by atoms with E-state index in [1.807, 2.05) is 0 Å². The van der Waals surface area contributed by atoms with E-state index in [0.717, 1.165) is 0 Å². The summed E-state index contributed by atoms with van der Waals surface area (Å²) < 4.78 is 0. The average molecular weight is 542 g/mol. The van der Waals surface area contributed by atoms with E-state index in [2.05, 4.69) is 10.6 Å². The van der Waals surface area contributed by atoms with Crippen molar-refractivity contribution in [2.75, 3.05) is 6.61 Å². The Kier molecular flexibility index (Phi) is 13.5. The maximum atomic E-state index is 12.5. The van der Waals surface area contributed by atoms with Gasteiger partial charge >= 0.3 is 5.97 Å². The van der Waals surface area contributed by atoms with Crippen LogP contribution in [0.25, 0.3) is 0 Å². The summed E-state index contributed by atoms with van der Waals surface area (Å²) in [6.07, 6.45) is -7.93. The maximum absolute atomic E-state index is 12.5. The molecule has 1 aromatic carbocycles. The Morgan fingerprint density at radius 3 is 1.97 bits per heavy atom. The van der Waals surface area contributed by atoms with Crippen LogP contribution in [0.15, 0.2) is 30.3 Å². The number of ketones is 1. The van der Waals surface area contributed by atoms with Gasteiger partial charge in [-0.05, 0) is 12.0 Å². The number of primary amides is 1. The summed E-state index contributed by atoms with van der Waals surface area (Å²) in [5.74, 6) is -4.73. The van der Waals surface area contributed by atoms with Crippen molar-refractivity contribution in [2.45, 2.75) is 68.2 Å². The third kappa shape index (κ3) is 10.5. The Hall–Kier alpha value is -3.47. The van der Waals surface area contributed by atoms with Crippen LogP contribution in [-0.2, 0) is 24.0 Å². The molecule has 0 heterocycles.